The molecule has 1 N–H and O–H groups in total. The van der Waals surface area contributed by atoms with Crippen molar-refractivity contribution in [2.75, 3.05) is 19.4 Å². The van der Waals surface area contributed by atoms with E-state index in [9.17, 15) is 13.2 Å². The summed E-state index contributed by atoms with van der Waals surface area (Å²) in [4.78, 5) is 17.2. The highest BCUT2D eigenvalue weighted by Gasteiger charge is 2.24. The fraction of sp³-hybridized carbons (Fsp3) is 0.444. The smallest absolute Gasteiger partial charge is 0.257 e. The lowest BCUT2D eigenvalue weighted by molar-refractivity contribution is 0.102. The second-order valence-corrected chi connectivity index (χ2v) is 10.4. The molecule has 1 heterocycles. The average Bonchev–Trinajstić information content (AvgIpc) is 2.98. The second kappa shape index (κ2) is 7.09. The van der Waals surface area contributed by atoms with Gasteiger partial charge in [-0.25, -0.2) is 17.7 Å². The quantitative estimate of drug-likeness (QED) is 0.858. The number of nitrogens with zero attached hydrogens (tertiary/aromatic N) is 2. The van der Waals surface area contributed by atoms with Gasteiger partial charge in [0.2, 0.25) is 10.0 Å². The van der Waals surface area contributed by atoms with E-state index in [4.69, 9.17) is 0 Å². The second-order valence-electron chi connectivity index (χ2n) is 7.45. The van der Waals surface area contributed by atoms with Crippen molar-refractivity contribution in [3.05, 3.63) is 39.9 Å². The highest BCUT2D eigenvalue weighted by atomic mass is 32.2. The number of carbonyl (C=O) groups excluding carboxylic acids is 1. The Bertz CT molecular complexity index is 939. The molecule has 0 aliphatic carbocycles. The molecule has 0 unspecified atom stereocenters. The molecule has 8 heteroatoms. The highest BCUT2D eigenvalue weighted by Crippen LogP contribution is 2.27. The van der Waals surface area contributed by atoms with Crippen molar-refractivity contribution in [1.82, 2.24) is 9.29 Å². The van der Waals surface area contributed by atoms with Crippen LogP contribution in [0.1, 0.15) is 48.0 Å². The van der Waals surface area contributed by atoms with Gasteiger partial charge in [-0.1, -0.05) is 20.8 Å². The molecule has 1 amide bonds. The zero-order chi connectivity index (χ0) is 19.9. The van der Waals surface area contributed by atoms with E-state index in [1.807, 2.05) is 5.38 Å². The van der Waals surface area contributed by atoms with Gasteiger partial charge in [0, 0.05) is 30.5 Å². The van der Waals surface area contributed by atoms with E-state index in [1.54, 1.807) is 19.9 Å². The fourth-order valence-corrected chi connectivity index (χ4v) is 4.42. The molecule has 26 heavy (non-hydrogen) atoms. The summed E-state index contributed by atoms with van der Waals surface area (Å²) < 4.78 is 26.2. The maximum atomic E-state index is 12.6. The predicted molar refractivity (Wildman–Crippen MR) is 106 cm³/mol. The van der Waals surface area contributed by atoms with Gasteiger partial charge >= 0.3 is 0 Å². The summed E-state index contributed by atoms with van der Waals surface area (Å²) in [5, 5.41) is 5.18. The third kappa shape index (κ3) is 4.13. The summed E-state index contributed by atoms with van der Waals surface area (Å²) in [5.41, 5.74) is 2.47. The first kappa shape index (κ1) is 20.5. The van der Waals surface area contributed by atoms with Crippen molar-refractivity contribution in [3.8, 4) is 0 Å². The number of aromatic nitrogens is 1. The number of benzene rings is 1. The van der Waals surface area contributed by atoms with Crippen LogP contribution < -0.4 is 5.32 Å². The molecule has 0 saturated heterocycles. The van der Waals surface area contributed by atoms with Crippen molar-refractivity contribution in [3.63, 3.8) is 0 Å². The minimum absolute atomic E-state index is 0.104. The van der Waals surface area contributed by atoms with Crippen LogP contribution >= 0.6 is 11.3 Å². The maximum Gasteiger partial charge on any atom is 0.257 e. The highest BCUT2D eigenvalue weighted by molar-refractivity contribution is 7.89. The normalized spacial score (nSPS) is 12.5. The number of anilines is 1. The summed E-state index contributed by atoms with van der Waals surface area (Å²) in [6.07, 6.45) is 0. The molecule has 0 saturated carbocycles. The van der Waals surface area contributed by atoms with Gasteiger partial charge in [0.1, 0.15) is 0 Å². The molecule has 0 bridgehead atoms. The Kier molecular flexibility index (Phi) is 5.60. The van der Waals surface area contributed by atoms with Crippen molar-refractivity contribution in [2.24, 2.45) is 0 Å². The molecule has 0 aliphatic rings. The van der Waals surface area contributed by atoms with Crippen molar-refractivity contribution in [2.45, 2.75) is 44.9 Å². The molecule has 142 valence electrons. The van der Waals surface area contributed by atoms with Crippen LogP contribution in [0.4, 0.5) is 5.13 Å². The van der Waals surface area contributed by atoms with E-state index < -0.39 is 10.0 Å². The number of nitrogens with one attached hydrogen (secondary N) is 1. The molecule has 2 aromatic rings. The van der Waals surface area contributed by atoms with E-state index in [0.29, 0.717) is 16.3 Å². The lowest BCUT2D eigenvalue weighted by Crippen LogP contribution is -2.24. The number of amides is 1. The third-order valence-corrected chi connectivity index (χ3v) is 6.83. The number of carbonyl (C=O) groups is 1. The van der Waals surface area contributed by atoms with E-state index >= 15 is 0 Å². The zero-order valence-electron chi connectivity index (χ0n) is 16.2. The zero-order valence-corrected chi connectivity index (χ0v) is 17.8. The topological polar surface area (TPSA) is 79.4 Å². The molecule has 6 nitrogen and oxygen atoms in total. The molecule has 0 spiro atoms. The summed E-state index contributed by atoms with van der Waals surface area (Å²) >= 11 is 1.35. The SMILES string of the molecule is Cc1cc(C(=O)Nc2nc(C(C)(C)C)cs2)cc(S(=O)(=O)N(C)C)c1C. The molecule has 0 radical (unpaired) electrons. The Labute approximate surface area is 159 Å². The molecular weight excluding hydrogens is 370 g/mol. The number of sulfonamides is 1. The van der Waals surface area contributed by atoms with Crippen LogP contribution in [0.5, 0.6) is 0 Å². The minimum atomic E-state index is -3.63. The maximum absolute atomic E-state index is 12.6. The monoisotopic (exact) mass is 395 g/mol. The van der Waals surface area contributed by atoms with Gasteiger partial charge in [0.05, 0.1) is 10.6 Å². The number of hydrogen-bond acceptors (Lipinski definition) is 5. The molecule has 1 aromatic carbocycles. The van der Waals surface area contributed by atoms with Gasteiger partial charge < -0.3 is 0 Å². The number of hydrogen-bond donors (Lipinski definition) is 1. The van der Waals surface area contributed by atoms with E-state index in [2.05, 4.69) is 31.1 Å². The molecule has 0 fully saturated rings. The summed E-state index contributed by atoms with van der Waals surface area (Å²) in [5.74, 6) is -0.377. The van der Waals surface area contributed by atoms with Gasteiger partial charge in [-0.3, -0.25) is 10.1 Å². The fourth-order valence-electron chi connectivity index (χ4n) is 2.27. The largest absolute Gasteiger partial charge is 0.298 e. The van der Waals surface area contributed by atoms with Crippen LogP contribution in [0.3, 0.4) is 0 Å². The van der Waals surface area contributed by atoms with Crippen LogP contribution in [0.15, 0.2) is 22.4 Å². The Morgan fingerprint density at radius 3 is 2.31 bits per heavy atom. The molecular formula is C18H25N3O3S2. The Morgan fingerprint density at radius 2 is 1.81 bits per heavy atom. The van der Waals surface area contributed by atoms with Gasteiger partial charge in [-0.2, -0.15) is 0 Å². The summed E-state index contributed by atoms with van der Waals surface area (Å²) in [7, 11) is -0.689. The summed E-state index contributed by atoms with van der Waals surface area (Å²) in [6.45, 7) is 9.69. The summed E-state index contributed by atoms with van der Waals surface area (Å²) in [6, 6.07) is 3.11. The average molecular weight is 396 g/mol. The number of aryl methyl sites for hydroxylation is 1. The van der Waals surface area contributed by atoms with Crippen LogP contribution in [0.2, 0.25) is 0 Å². The molecule has 2 rings (SSSR count). The van der Waals surface area contributed by atoms with Crippen LogP contribution in [-0.2, 0) is 15.4 Å². The Balaban J connectivity index is 2.38. The molecule has 0 atom stereocenters. The standard InChI is InChI=1S/C18H25N3O3S2/c1-11-8-13(9-14(12(11)2)26(23,24)21(6)7)16(22)20-17-19-15(10-25-17)18(3,4)5/h8-10H,1-7H3,(H,19,20,22). The first-order chi connectivity index (χ1) is 11.8. The van der Waals surface area contributed by atoms with Crippen LogP contribution in [0, 0.1) is 13.8 Å². The van der Waals surface area contributed by atoms with Crippen molar-refractivity contribution in [1.29, 1.82) is 0 Å². The number of thiazole rings is 1. The first-order valence-electron chi connectivity index (χ1n) is 8.15. The van der Waals surface area contributed by atoms with E-state index in [0.717, 1.165) is 15.6 Å². The first-order valence-corrected chi connectivity index (χ1v) is 10.5. The van der Waals surface area contributed by atoms with E-state index in [-0.39, 0.29) is 16.2 Å². The number of rotatable bonds is 4. The van der Waals surface area contributed by atoms with Gasteiger partial charge in [-0.05, 0) is 37.1 Å². The predicted octanol–water partition coefficient (Wildman–Crippen LogP) is 3.56. The third-order valence-electron chi connectivity index (χ3n) is 4.13. The van der Waals surface area contributed by atoms with Gasteiger partial charge in [0.25, 0.3) is 5.91 Å². The minimum Gasteiger partial charge on any atom is -0.298 e. The molecule has 1 aromatic heterocycles. The lowest BCUT2D eigenvalue weighted by Gasteiger charge is -2.16. The Morgan fingerprint density at radius 1 is 1.19 bits per heavy atom. The van der Waals surface area contributed by atoms with Crippen LogP contribution in [0.25, 0.3) is 0 Å². The van der Waals surface area contributed by atoms with Gasteiger partial charge in [-0.15, -0.1) is 11.3 Å². The van der Waals surface area contributed by atoms with Crippen LogP contribution in [-0.4, -0.2) is 37.7 Å². The lowest BCUT2D eigenvalue weighted by atomic mass is 9.93. The van der Waals surface area contributed by atoms with Crippen molar-refractivity contribution < 1.29 is 13.2 Å². The van der Waals surface area contributed by atoms with Gasteiger partial charge in [0.15, 0.2) is 5.13 Å². The Hall–Kier alpha value is -1.77. The van der Waals surface area contributed by atoms with Crippen molar-refractivity contribution >= 4 is 32.4 Å². The van der Waals surface area contributed by atoms with E-state index in [1.165, 1.54) is 31.5 Å². The molecule has 0 aliphatic heterocycles.